The predicted octanol–water partition coefficient (Wildman–Crippen LogP) is 0.646. The van der Waals surface area contributed by atoms with Gasteiger partial charge in [0.2, 0.25) is 5.91 Å². The Morgan fingerprint density at radius 1 is 1.30 bits per heavy atom. The van der Waals surface area contributed by atoms with Gasteiger partial charge in [0.1, 0.15) is 0 Å². The van der Waals surface area contributed by atoms with Crippen LogP contribution in [0.25, 0.3) is 0 Å². The van der Waals surface area contributed by atoms with Gasteiger partial charge in [-0.3, -0.25) is 9.69 Å². The number of rotatable bonds is 7. The van der Waals surface area contributed by atoms with Gasteiger partial charge >= 0.3 is 0 Å². The van der Waals surface area contributed by atoms with Crippen LogP contribution < -0.4 is 11.1 Å². The van der Waals surface area contributed by atoms with Crippen molar-refractivity contribution < 1.29 is 4.79 Å². The normalized spacial score (nSPS) is 22.2. The first-order valence-electron chi connectivity index (χ1n) is 7.94. The average molecular weight is 284 g/mol. The molecular formula is C15H32N4O. The molecule has 2 unspecified atom stereocenters. The van der Waals surface area contributed by atoms with Gasteiger partial charge < -0.3 is 16.0 Å². The van der Waals surface area contributed by atoms with Crippen molar-refractivity contribution in [3.63, 3.8) is 0 Å². The van der Waals surface area contributed by atoms with Crippen LogP contribution in [0, 0.1) is 0 Å². The maximum atomic E-state index is 12.1. The fraction of sp³-hybridized carbons (Fsp3) is 0.933. The lowest BCUT2D eigenvalue weighted by Gasteiger charge is -2.38. The number of amides is 1. The highest BCUT2D eigenvalue weighted by Gasteiger charge is 2.28. The van der Waals surface area contributed by atoms with Crippen LogP contribution in [0.2, 0.25) is 0 Å². The molecule has 1 aliphatic heterocycles. The summed E-state index contributed by atoms with van der Waals surface area (Å²) in [4.78, 5) is 17.0. The van der Waals surface area contributed by atoms with E-state index in [2.05, 4.69) is 29.0 Å². The standard InChI is InChI=1S/C15H32N4O/c1-5-7-15(4,16)14(20)17-12-13(3)19-10-8-18(6-2)9-11-19/h13H,5-12,16H2,1-4H3,(H,17,20). The lowest BCUT2D eigenvalue weighted by molar-refractivity contribution is -0.126. The molecule has 5 nitrogen and oxygen atoms in total. The molecule has 0 bridgehead atoms. The van der Waals surface area contributed by atoms with Gasteiger partial charge in [-0.2, -0.15) is 0 Å². The fourth-order valence-electron chi connectivity index (χ4n) is 2.72. The van der Waals surface area contributed by atoms with Crippen molar-refractivity contribution in [3.05, 3.63) is 0 Å². The van der Waals surface area contributed by atoms with E-state index in [1.54, 1.807) is 0 Å². The molecule has 0 aliphatic carbocycles. The van der Waals surface area contributed by atoms with Gasteiger partial charge in [0.25, 0.3) is 0 Å². The number of piperazine rings is 1. The number of nitrogens with one attached hydrogen (secondary N) is 1. The van der Waals surface area contributed by atoms with Crippen LogP contribution in [-0.2, 0) is 4.79 Å². The van der Waals surface area contributed by atoms with E-state index in [-0.39, 0.29) is 5.91 Å². The molecule has 1 rings (SSSR count). The molecule has 1 fully saturated rings. The monoisotopic (exact) mass is 284 g/mol. The molecule has 0 aromatic heterocycles. The Morgan fingerprint density at radius 2 is 1.90 bits per heavy atom. The molecule has 2 atom stereocenters. The summed E-state index contributed by atoms with van der Waals surface area (Å²) in [7, 11) is 0. The maximum Gasteiger partial charge on any atom is 0.239 e. The number of hydrogen-bond acceptors (Lipinski definition) is 4. The smallest absolute Gasteiger partial charge is 0.239 e. The first-order chi connectivity index (χ1) is 9.40. The molecule has 20 heavy (non-hydrogen) atoms. The molecule has 0 aromatic rings. The van der Waals surface area contributed by atoms with Gasteiger partial charge in [0.05, 0.1) is 5.54 Å². The molecular weight excluding hydrogens is 252 g/mol. The minimum absolute atomic E-state index is 0.0293. The Bertz CT molecular complexity index is 298. The van der Waals surface area contributed by atoms with Crippen LogP contribution in [0.3, 0.4) is 0 Å². The predicted molar refractivity (Wildman–Crippen MR) is 83.7 cm³/mol. The second-order valence-electron chi connectivity index (χ2n) is 6.20. The lowest BCUT2D eigenvalue weighted by atomic mass is 9.96. The van der Waals surface area contributed by atoms with E-state index in [0.29, 0.717) is 12.6 Å². The zero-order valence-corrected chi connectivity index (χ0v) is 13.6. The molecule has 0 saturated carbocycles. The first-order valence-corrected chi connectivity index (χ1v) is 7.94. The number of carbonyl (C=O) groups is 1. The summed E-state index contributed by atoms with van der Waals surface area (Å²) in [6, 6.07) is 0.371. The number of nitrogens with two attached hydrogens (primary N) is 1. The molecule has 0 spiro atoms. The summed E-state index contributed by atoms with van der Waals surface area (Å²) in [5.74, 6) is -0.0293. The topological polar surface area (TPSA) is 61.6 Å². The fourth-order valence-corrected chi connectivity index (χ4v) is 2.72. The van der Waals surface area contributed by atoms with Crippen molar-refractivity contribution in [1.82, 2.24) is 15.1 Å². The van der Waals surface area contributed by atoms with Crippen molar-refractivity contribution in [2.75, 3.05) is 39.3 Å². The molecule has 1 amide bonds. The van der Waals surface area contributed by atoms with Gasteiger partial charge in [-0.05, 0) is 26.8 Å². The molecule has 1 heterocycles. The van der Waals surface area contributed by atoms with Crippen LogP contribution in [-0.4, -0.2) is 66.6 Å². The Balaban J connectivity index is 2.33. The average Bonchev–Trinajstić information content (AvgIpc) is 2.44. The number of nitrogens with zero attached hydrogens (tertiary/aromatic N) is 2. The Morgan fingerprint density at radius 3 is 2.40 bits per heavy atom. The summed E-state index contributed by atoms with van der Waals surface area (Å²) in [6.45, 7) is 14.5. The maximum absolute atomic E-state index is 12.1. The summed E-state index contributed by atoms with van der Waals surface area (Å²) in [5, 5.41) is 3.01. The third kappa shape index (κ3) is 5.04. The SMILES string of the molecule is CCCC(C)(N)C(=O)NCC(C)N1CCN(CC)CC1. The Hall–Kier alpha value is -0.650. The minimum Gasteiger partial charge on any atom is -0.353 e. The zero-order chi connectivity index (χ0) is 15.2. The first kappa shape index (κ1) is 17.4. The van der Waals surface area contributed by atoms with Crippen molar-refractivity contribution in [2.45, 2.75) is 52.1 Å². The highest BCUT2D eigenvalue weighted by atomic mass is 16.2. The van der Waals surface area contributed by atoms with Crippen molar-refractivity contribution in [3.8, 4) is 0 Å². The molecule has 1 aliphatic rings. The summed E-state index contributed by atoms with van der Waals surface area (Å²) >= 11 is 0. The summed E-state index contributed by atoms with van der Waals surface area (Å²) in [5.41, 5.74) is 5.30. The number of hydrogen-bond donors (Lipinski definition) is 2. The third-order valence-corrected chi connectivity index (χ3v) is 4.32. The van der Waals surface area contributed by atoms with Crippen LogP contribution in [0.5, 0.6) is 0 Å². The van der Waals surface area contributed by atoms with E-state index in [1.165, 1.54) is 0 Å². The van der Waals surface area contributed by atoms with E-state index < -0.39 is 5.54 Å². The van der Waals surface area contributed by atoms with Crippen molar-refractivity contribution in [1.29, 1.82) is 0 Å². The molecule has 1 saturated heterocycles. The molecule has 5 heteroatoms. The molecule has 3 N–H and O–H groups in total. The lowest BCUT2D eigenvalue weighted by Crippen LogP contribution is -2.56. The summed E-state index contributed by atoms with van der Waals surface area (Å²) in [6.07, 6.45) is 1.65. The summed E-state index contributed by atoms with van der Waals surface area (Å²) < 4.78 is 0. The van der Waals surface area contributed by atoms with Crippen LogP contribution in [0.4, 0.5) is 0 Å². The van der Waals surface area contributed by atoms with Crippen LogP contribution in [0.15, 0.2) is 0 Å². The van der Waals surface area contributed by atoms with E-state index in [4.69, 9.17) is 5.73 Å². The second-order valence-corrected chi connectivity index (χ2v) is 6.20. The van der Waals surface area contributed by atoms with E-state index in [1.807, 2.05) is 13.8 Å². The van der Waals surface area contributed by atoms with Gasteiger partial charge in [0, 0.05) is 38.8 Å². The number of likely N-dealkylation sites (N-methyl/N-ethyl adjacent to an activating group) is 1. The van der Waals surface area contributed by atoms with Crippen LogP contribution >= 0.6 is 0 Å². The van der Waals surface area contributed by atoms with E-state index in [9.17, 15) is 4.79 Å². The minimum atomic E-state index is -0.741. The van der Waals surface area contributed by atoms with E-state index in [0.717, 1.165) is 45.6 Å². The molecule has 0 aromatic carbocycles. The van der Waals surface area contributed by atoms with Gasteiger partial charge in [-0.25, -0.2) is 0 Å². The van der Waals surface area contributed by atoms with Crippen molar-refractivity contribution >= 4 is 5.91 Å². The third-order valence-electron chi connectivity index (χ3n) is 4.32. The van der Waals surface area contributed by atoms with E-state index >= 15 is 0 Å². The van der Waals surface area contributed by atoms with Gasteiger partial charge in [-0.15, -0.1) is 0 Å². The Labute approximate surface area is 123 Å². The quantitative estimate of drug-likeness (QED) is 0.720. The van der Waals surface area contributed by atoms with Crippen molar-refractivity contribution in [2.24, 2.45) is 5.73 Å². The molecule has 118 valence electrons. The zero-order valence-electron chi connectivity index (χ0n) is 13.6. The van der Waals surface area contributed by atoms with Crippen LogP contribution in [0.1, 0.15) is 40.5 Å². The molecule has 0 radical (unpaired) electrons. The van der Waals surface area contributed by atoms with Gasteiger partial charge in [0.15, 0.2) is 0 Å². The highest BCUT2D eigenvalue weighted by Crippen LogP contribution is 2.09. The number of carbonyl (C=O) groups excluding carboxylic acids is 1. The second kappa shape index (κ2) is 7.96. The largest absolute Gasteiger partial charge is 0.353 e. The Kier molecular flexibility index (Phi) is 6.92. The van der Waals surface area contributed by atoms with Gasteiger partial charge in [-0.1, -0.05) is 20.3 Å². The highest BCUT2D eigenvalue weighted by molar-refractivity contribution is 5.85.